The Morgan fingerprint density at radius 1 is 1.42 bits per heavy atom. The van der Waals surface area contributed by atoms with Crippen molar-refractivity contribution in [2.75, 3.05) is 24.5 Å². The highest BCUT2D eigenvalue weighted by Gasteiger charge is 2.14. The zero-order valence-electron chi connectivity index (χ0n) is 11.9. The first-order valence-electron chi connectivity index (χ1n) is 6.78. The maximum atomic E-state index is 8.78. The average Bonchev–Trinajstić information content (AvgIpc) is 2.40. The molecule has 4 heteroatoms. The summed E-state index contributed by atoms with van der Waals surface area (Å²) < 4.78 is 1.07. The van der Waals surface area contributed by atoms with Crippen LogP contribution in [-0.2, 0) is 0 Å². The van der Waals surface area contributed by atoms with Crippen LogP contribution in [-0.4, -0.2) is 19.6 Å². The summed E-state index contributed by atoms with van der Waals surface area (Å²) in [6, 6.07) is 8.90. The Bertz CT molecular complexity index is 440. The molecular formula is C15H22BrN3. The number of anilines is 1. The second-order valence-corrected chi connectivity index (χ2v) is 5.39. The molecule has 0 aliphatic heterocycles. The van der Waals surface area contributed by atoms with E-state index in [2.05, 4.69) is 71.2 Å². The first-order valence-corrected chi connectivity index (χ1v) is 7.58. The molecule has 0 aliphatic carbocycles. The maximum Gasteiger partial charge on any atom is 0.0640 e. The zero-order valence-corrected chi connectivity index (χ0v) is 13.5. The number of benzene rings is 1. The molecular weight excluding hydrogens is 302 g/mol. The number of rotatable bonds is 7. The molecule has 0 amide bonds. The quantitative estimate of drug-likeness (QED) is 0.828. The van der Waals surface area contributed by atoms with Crippen molar-refractivity contribution >= 4 is 21.6 Å². The van der Waals surface area contributed by atoms with Crippen molar-refractivity contribution in [2.24, 2.45) is 0 Å². The summed E-state index contributed by atoms with van der Waals surface area (Å²) >= 11 is 3.54. The SMILES string of the molecule is CCNC(C)c1ccc(Br)cc1N(CC)CCC#N. The molecule has 1 rings (SSSR count). The van der Waals surface area contributed by atoms with Gasteiger partial charge in [0.2, 0.25) is 0 Å². The van der Waals surface area contributed by atoms with E-state index < -0.39 is 0 Å². The first kappa shape index (κ1) is 16.0. The van der Waals surface area contributed by atoms with Gasteiger partial charge in [0.05, 0.1) is 12.5 Å². The lowest BCUT2D eigenvalue weighted by atomic mass is 10.0. The summed E-state index contributed by atoms with van der Waals surface area (Å²) in [4.78, 5) is 2.26. The fourth-order valence-electron chi connectivity index (χ4n) is 2.21. The molecule has 0 saturated carbocycles. The molecule has 0 heterocycles. The predicted octanol–water partition coefficient (Wildman–Crippen LogP) is 3.86. The summed E-state index contributed by atoms with van der Waals surface area (Å²) in [6.45, 7) is 9.04. The summed E-state index contributed by atoms with van der Waals surface area (Å²) in [5.74, 6) is 0. The van der Waals surface area contributed by atoms with E-state index in [9.17, 15) is 0 Å². The molecule has 3 nitrogen and oxygen atoms in total. The molecule has 1 atom stereocenters. The van der Waals surface area contributed by atoms with Gasteiger partial charge in [0.25, 0.3) is 0 Å². The molecule has 0 fully saturated rings. The van der Waals surface area contributed by atoms with Crippen molar-refractivity contribution in [3.63, 3.8) is 0 Å². The van der Waals surface area contributed by atoms with Crippen LogP contribution in [0.1, 0.15) is 38.8 Å². The van der Waals surface area contributed by atoms with Crippen LogP contribution in [0.2, 0.25) is 0 Å². The number of nitrogens with zero attached hydrogens (tertiary/aromatic N) is 2. The largest absolute Gasteiger partial charge is 0.370 e. The van der Waals surface area contributed by atoms with Crippen molar-refractivity contribution in [3.05, 3.63) is 28.2 Å². The third-order valence-electron chi connectivity index (χ3n) is 3.19. The minimum Gasteiger partial charge on any atom is -0.370 e. The van der Waals surface area contributed by atoms with E-state index >= 15 is 0 Å². The molecule has 104 valence electrons. The molecule has 1 aromatic rings. The van der Waals surface area contributed by atoms with Crippen LogP contribution in [0.25, 0.3) is 0 Å². The summed E-state index contributed by atoms with van der Waals surface area (Å²) in [7, 11) is 0. The van der Waals surface area contributed by atoms with Gasteiger partial charge < -0.3 is 10.2 Å². The molecule has 1 N–H and O–H groups in total. The van der Waals surface area contributed by atoms with Gasteiger partial charge in [0, 0.05) is 29.3 Å². The molecule has 1 unspecified atom stereocenters. The average molecular weight is 324 g/mol. The highest BCUT2D eigenvalue weighted by Crippen LogP contribution is 2.29. The first-order chi connectivity index (χ1) is 9.13. The van der Waals surface area contributed by atoms with Crippen molar-refractivity contribution < 1.29 is 0 Å². The number of halogens is 1. The van der Waals surface area contributed by atoms with Crippen LogP contribution < -0.4 is 10.2 Å². The standard InChI is InChI=1S/C15H22BrN3/c1-4-18-12(3)14-8-7-13(16)11-15(14)19(5-2)10-6-9-17/h7-8,11-12,18H,4-6,10H2,1-3H3. The van der Waals surface area contributed by atoms with Gasteiger partial charge in [0.1, 0.15) is 0 Å². The predicted molar refractivity (Wildman–Crippen MR) is 84.4 cm³/mol. The summed E-state index contributed by atoms with van der Waals surface area (Å²) in [5.41, 5.74) is 2.49. The molecule has 19 heavy (non-hydrogen) atoms. The van der Waals surface area contributed by atoms with Gasteiger partial charge >= 0.3 is 0 Å². The van der Waals surface area contributed by atoms with Crippen molar-refractivity contribution in [1.82, 2.24) is 5.32 Å². The second-order valence-electron chi connectivity index (χ2n) is 4.47. The second kappa shape index (κ2) is 8.19. The Morgan fingerprint density at radius 3 is 2.74 bits per heavy atom. The molecule has 0 bridgehead atoms. The molecule has 0 spiro atoms. The van der Waals surface area contributed by atoms with E-state index in [1.807, 2.05) is 0 Å². The normalized spacial score (nSPS) is 11.9. The smallest absolute Gasteiger partial charge is 0.0640 e. The van der Waals surface area contributed by atoms with Crippen LogP contribution in [0.5, 0.6) is 0 Å². The fraction of sp³-hybridized carbons (Fsp3) is 0.533. The lowest BCUT2D eigenvalue weighted by molar-refractivity contribution is 0.595. The van der Waals surface area contributed by atoms with Crippen LogP contribution >= 0.6 is 15.9 Å². The topological polar surface area (TPSA) is 39.1 Å². The van der Waals surface area contributed by atoms with E-state index in [0.29, 0.717) is 12.5 Å². The Hall–Kier alpha value is -1.05. The number of nitriles is 1. The van der Waals surface area contributed by atoms with E-state index in [1.54, 1.807) is 0 Å². The Balaban J connectivity index is 3.07. The van der Waals surface area contributed by atoms with Gasteiger partial charge in [-0.2, -0.15) is 5.26 Å². The summed E-state index contributed by atoms with van der Waals surface area (Å²) in [6.07, 6.45) is 0.551. The van der Waals surface area contributed by atoms with Crippen molar-refractivity contribution in [2.45, 2.75) is 33.2 Å². The van der Waals surface area contributed by atoms with Gasteiger partial charge in [0.15, 0.2) is 0 Å². The van der Waals surface area contributed by atoms with Crippen LogP contribution in [0.15, 0.2) is 22.7 Å². The maximum absolute atomic E-state index is 8.78. The van der Waals surface area contributed by atoms with Gasteiger partial charge in [-0.3, -0.25) is 0 Å². The highest BCUT2D eigenvalue weighted by atomic mass is 79.9. The Labute approximate surface area is 124 Å². The van der Waals surface area contributed by atoms with Crippen molar-refractivity contribution in [1.29, 1.82) is 5.26 Å². The Morgan fingerprint density at radius 2 is 2.16 bits per heavy atom. The lowest BCUT2D eigenvalue weighted by Gasteiger charge is -2.27. The van der Waals surface area contributed by atoms with Gasteiger partial charge in [-0.25, -0.2) is 0 Å². The number of hydrogen-bond acceptors (Lipinski definition) is 3. The van der Waals surface area contributed by atoms with Crippen LogP contribution in [0.3, 0.4) is 0 Å². The number of nitrogens with one attached hydrogen (secondary N) is 1. The number of hydrogen-bond donors (Lipinski definition) is 1. The molecule has 1 aromatic carbocycles. The van der Waals surface area contributed by atoms with E-state index in [-0.39, 0.29) is 0 Å². The van der Waals surface area contributed by atoms with Gasteiger partial charge in [-0.15, -0.1) is 0 Å². The fourth-order valence-corrected chi connectivity index (χ4v) is 2.56. The van der Waals surface area contributed by atoms with E-state index in [1.165, 1.54) is 11.3 Å². The molecule has 0 aliphatic rings. The molecule has 0 saturated heterocycles. The minimum atomic E-state index is 0.309. The monoisotopic (exact) mass is 323 g/mol. The van der Waals surface area contributed by atoms with E-state index in [0.717, 1.165) is 24.1 Å². The third-order valence-corrected chi connectivity index (χ3v) is 3.68. The minimum absolute atomic E-state index is 0.309. The van der Waals surface area contributed by atoms with Gasteiger partial charge in [-0.1, -0.05) is 28.9 Å². The Kier molecular flexibility index (Phi) is 6.90. The van der Waals surface area contributed by atoms with Gasteiger partial charge in [-0.05, 0) is 38.1 Å². The summed E-state index contributed by atoms with van der Waals surface area (Å²) in [5, 5.41) is 12.2. The van der Waals surface area contributed by atoms with Crippen molar-refractivity contribution in [3.8, 4) is 6.07 Å². The third kappa shape index (κ3) is 4.52. The lowest BCUT2D eigenvalue weighted by Crippen LogP contribution is -2.27. The highest BCUT2D eigenvalue weighted by molar-refractivity contribution is 9.10. The van der Waals surface area contributed by atoms with Crippen LogP contribution in [0, 0.1) is 11.3 Å². The van der Waals surface area contributed by atoms with Crippen LogP contribution in [0.4, 0.5) is 5.69 Å². The van der Waals surface area contributed by atoms with E-state index in [4.69, 9.17) is 5.26 Å². The zero-order chi connectivity index (χ0) is 14.3. The molecule has 0 radical (unpaired) electrons. The molecule has 0 aromatic heterocycles.